The summed E-state index contributed by atoms with van der Waals surface area (Å²) in [5.41, 5.74) is 0.919. The van der Waals surface area contributed by atoms with Gasteiger partial charge in [-0.05, 0) is 37.6 Å². The zero-order valence-electron chi connectivity index (χ0n) is 12.3. The number of carboxylic acid groups (broad SMARTS) is 1. The van der Waals surface area contributed by atoms with E-state index < -0.39 is 11.4 Å². The van der Waals surface area contributed by atoms with Crippen molar-refractivity contribution in [3.8, 4) is 0 Å². The number of anilines is 1. The van der Waals surface area contributed by atoms with E-state index in [-0.39, 0.29) is 12.3 Å². The number of carbonyl (C=O) groups is 2. The van der Waals surface area contributed by atoms with Crippen LogP contribution in [-0.2, 0) is 16.1 Å². The number of amides is 1. The average Bonchev–Trinajstić information content (AvgIpc) is 2.89. The van der Waals surface area contributed by atoms with E-state index in [2.05, 4.69) is 10.6 Å². The summed E-state index contributed by atoms with van der Waals surface area (Å²) in [6, 6.07) is 7.57. The molecule has 114 valence electrons. The summed E-state index contributed by atoms with van der Waals surface area (Å²) in [6.45, 7) is 0.725. The third-order valence-corrected chi connectivity index (χ3v) is 4.10. The van der Waals surface area contributed by atoms with Gasteiger partial charge in [0.15, 0.2) is 0 Å². The summed E-state index contributed by atoms with van der Waals surface area (Å²) < 4.78 is 0. The molecule has 0 spiro atoms. The fourth-order valence-electron chi connectivity index (χ4n) is 2.99. The fraction of sp³-hybridized carbons (Fsp3) is 0.500. The maximum Gasteiger partial charge on any atom is 0.310 e. The summed E-state index contributed by atoms with van der Waals surface area (Å²) in [5.74, 6) is -1.07. The summed E-state index contributed by atoms with van der Waals surface area (Å²) in [4.78, 5) is 23.6. The van der Waals surface area contributed by atoms with Crippen LogP contribution in [0.5, 0.6) is 0 Å². The lowest BCUT2D eigenvalue weighted by Gasteiger charge is -2.22. The number of carbonyl (C=O) groups excluding carboxylic acids is 1. The van der Waals surface area contributed by atoms with Crippen molar-refractivity contribution < 1.29 is 14.7 Å². The number of nitrogens with one attached hydrogen (secondary N) is 2. The molecule has 1 aliphatic carbocycles. The first-order valence-electron chi connectivity index (χ1n) is 7.32. The third kappa shape index (κ3) is 3.82. The molecule has 5 heteroatoms. The molecule has 0 unspecified atom stereocenters. The standard InChI is InChI=1S/C16H22N2O3/c1-17-11-12-5-4-6-13(9-12)18-14(19)10-16(15(20)21)7-2-3-8-16/h4-6,9,17H,2-3,7-8,10-11H2,1H3,(H,18,19)(H,20,21). The highest BCUT2D eigenvalue weighted by molar-refractivity contribution is 5.94. The Morgan fingerprint density at radius 2 is 2.00 bits per heavy atom. The molecule has 1 aromatic rings. The van der Waals surface area contributed by atoms with Gasteiger partial charge in [-0.15, -0.1) is 0 Å². The molecule has 1 saturated carbocycles. The topological polar surface area (TPSA) is 78.4 Å². The molecule has 5 nitrogen and oxygen atoms in total. The van der Waals surface area contributed by atoms with Gasteiger partial charge in [-0.1, -0.05) is 25.0 Å². The molecule has 0 aliphatic heterocycles. The Labute approximate surface area is 124 Å². The first kappa shape index (κ1) is 15.5. The molecule has 0 atom stereocenters. The third-order valence-electron chi connectivity index (χ3n) is 4.10. The second-order valence-corrected chi connectivity index (χ2v) is 5.75. The summed E-state index contributed by atoms with van der Waals surface area (Å²) in [5, 5.41) is 15.3. The minimum atomic E-state index is -0.868. The van der Waals surface area contributed by atoms with E-state index in [1.165, 1.54) is 0 Å². The monoisotopic (exact) mass is 290 g/mol. The minimum Gasteiger partial charge on any atom is -0.481 e. The number of benzene rings is 1. The molecule has 0 bridgehead atoms. The van der Waals surface area contributed by atoms with Crippen LogP contribution in [0.15, 0.2) is 24.3 Å². The number of hydrogen-bond donors (Lipinski definition) is 3. The lowest BCUT2D eigenvalue weighted by atomic mass is 9.82. The van der Waals surface area contributed by atoms with E-state index in [9.17, 15) is 14.7 Å². The molecule has 3 N–H and O–H groups in total. The Morgan fingerprint density at radius 1 is 1.29 bits per heavy atom. The van der Waals surface area contributed by atoms with E-state index >= 15 is 0 Å². The Hall–Kier alpha value is -1.88. The number of rotatable bonds is 6. The summed E-state index contributed by atoms with van der Waals surface area (Å²) in [6.07, 6.45) is 3.01. The Bertz CT molecular complexity index is 522. The lowest BCUT2D eigenvalue weighted by Crippen LogP contribution is -2.32. The van der Waals surface area contributed by atoms with Crippen LogP contribution in [0.2, 0.25) is 0 Å². The molecule has 2 rings (SSSR count). The van der Waals surface area contributed by atoms with Gasteiger partial charge in [0.1, 0.15) is 0 Å². The smallest absolute Gasteiger partial charge is 0.310 e. The van der Waals surface area contributed by atoms with Crippen molar-refractivity contribution in [2.24, 2.45) is 5.41 Å². The molecule has 0 aromatic heterocycles. The first-order chi connectivity index (χ1) is 10.1. The van der Waals surface area contributed by atoms with Gasteiger partial charge in [0.25, 0.3) is 0 Å². The normalized spacial score (nSPS) is 16.6. The lowest BCUT2D eigenvalue weighted by molar-refractivity contribution is -0.150. The highest BCUT2D eigenvalue weighted by atomic mass is 16.4. The zero-order chi connectivity index (χ0) is 15.3. The fourth-order valence-corrected chi connectivity index (χ4v) is 2.99. The first-order valence-corrected chi connectivity index (χ1v) is 7.32. The van der Waals surface area contributed by atoms with Crippen molar-refractivity contribution >= 4 is 17.6 Å². The largest absolute Gasteiger partial charge is 0.481 e. The number of carboxylic acids is 1. The summed E-state index contributed by atoms with van der Waals surface area (Å²) >= 11 is 0. The van der Waals surface area contributed by atoms with Gasteiger partial charge in [-0.2, -0.15) is 0 Å². The molecule has 1 aliphatic rings. The number of aliphatic carboxylic acids is 1. The minimum absolute atomic E-state index is 0.0542. The van der Waals surface area contributed by atoms with Gasteiger partial charge in [0.2, 0.25) is 5.91 Å². The second-order valence-electron chi connectivity index (χ2n) is 5.75. The van der Waals surface area contributed by atoms with Gasteiger partial charge in [0, 0.05) is 18.7 Å². The van der Waals surface area contributed by atoms with E-state index in [1.807, 2.05) is 31.3 Å². The van der Waals surface area contributed by atoms with E-state index in [0.29, 0.717) is 18.5 Å². The van der Waals surface area contributed by atoms with E-state index in [1.54, 1.807) is 0 Å². The van der Waals surface area contributed by atoms with Gasteiger partial charge in [0.05, 0.1) is 5.41 Å². The van der Waals surface area contributed by atoms with Crippen molar-refractivity contribution in [3.63, 3.8) is 0 Å². The molecule has 0 heterocycles. The van der Waals surface area contributed by atoms with Crippen LogP contribution in [0.4, 0.5) is 5.69 Å². The Kier molecular flexibility index (Phi) is 4.96. The van der Waals surface area contributed by atoms with Crippen molar-refractivity contribution in [1.82, 2.24) is 5.32 Å². The van der Waals surface area contributed by atoms with Crippen LogP contribution >= 0.6 is 0 Å². The van der Waals surface area contributed by atoms with Crippen LogP contribution < -0.4 is 10.6 Å². The number of hydrogen-bond acceptors (Lipinski definition) is 3. The second kappa shape index (κ2) is 6.72. The van der Waals surface area contributed by atoms with Crippen molar-refractivity contribution in [2.75, 3.05) is 12.4 Å². The molecular formula is C16H22N2O3. The van der Waals surface area contributed by atoms with Crippen LogP contribution in [0.1, 0.15) is 37.7 Å². The zero-order valence-corrected chi connectivity index (χ0v) is 12.3. The van der Waals surface area contributed by atoms with Gasteiger partial charge in [-0.25, -0.2) is 0 Å². The van der Waals surface area contributed by atoms with E-state index in [0.717, 1.165) is 24.9 Å². The van der Waals surface area contributed by atoms with Crippen LogP contribution in [0, 0.1) is 5.41 Å². The maximum atomic E-state index is 12.2. The van der Waals surface area contributed by atoms with Gasteiger partial charge in [-0.3, -0.25) is 9.59 Å². The van der Waals surface area contributed by atoms with Crippen LogP contribution in [-0.4, -0.2) is 24.0 Å². The maximum absolute atomic E-state index is 12.2. The average molecular weight is 290 g/mol. The quantitative estimate of drug-likeness (QED) is 0.751. The van der Waals surface area contributed by atoms with E-state index in [4.69, 9.17) is 0 Å². The molecular weight excluding hydrogens is 268 g/mol. The SMILES string of the molecule is CNCc1cccc(NC(=O)CC2(C(=O)O)CCCC2)c1. The van der Waals surface area contributed by atoms with Crippen molar-refractivity contribution in [3.05, 3.63) is 29.8 Å². The predicted molar refractivity (Wildman–Crippen MR) is 81.0 cm³/mol. The Morgan fingerprint density at radius 3 is 2.62 bits per heavy atom. The highest BCUT2D eigenvalue weighted by Gasteiger charge is 2.42. The molecule has 1 aromatic carbocycles. The van der Waals surface area contributed by atoms with Gasteiger partial charge >= 0.3 is 5.97 Å². The molecule has 0 radical (unpaired) electrons. The molecule has 0 saturated heterocycles. The van der Waals surface area contributed by atoms with Crippen LogP contribution in [0.25, 0.3) is 0 Å². The predicted octanol–water partition coefficient (Wildman–Crippen LogP) is 2.38. The molecule has 1 fully saturated rings. The Balaban J connectivity index is 2.01. The summed E-state index contributed by atoms with van der Waals surface area (Å²) in [7, 11) is 1.86. The van der Waals surface area contributed by atoms with Crippen LogP contribution in [0.3, 0.4) is 0 Å². The van der Waals surface area contributed by atoms with Crippen molar-refractivity contribution in [2.45, 2.75) is 38.6 Å². The van der Waals surface area contributed by atoms with Crippen molar-refractivity contribution in [1.29, 1.82) is 0 Å². The molecule has 1 amide bonds. The highest BCUT2D eigenvalue weighted by Crippen LogP contribution is 2.41. The van der Waals surface area contributed by atoms with Gasteiger partial charge < -0.3 is 15.7 Å². The molecule has 21 heavy (non-hydrogen) atoms.